The molecule has 24 aromatic rings. The first-order valence-corrected chi connectivity index (χ1v) is 37.9. The first kappa shape index (κ1) is 61.6. The lowest BCUT2D eigenvalue weighted by Gasteiger charge is -2.11. The first-order valence-electron chi connectivity index (χ1n) is 37.9. The highest BCUT2D eigenvalue weighted by Crippen LogP contribution is 2.44. The lowest BCUT2D eigenvalue weighted by molar-refractivity contribution is 1.15. The van der Waals surface area contributed by atoms with Gasteiger partial charge in [0.15, 0.2) is 0 Å². The summed E-state index contributed by atoms with van der Waals surface area (Å²) in [6.07, 6.45) is 0. The van der Waals surface area contributed by atoms with Crippen LogP contribution in [0.4, 0.5) is 0 Å². The standard InChI is InChI=1S/2C52H33N3/c1-2-14-38(15-3-1)53-47-19-9-8-18-43(47)46-33-40(26-29-52(46)53)55-49-21-11-7-17-42(49)45-32-37(24-28-51(45)55)36-23-27-50-44(31-36)41-16-6-10-20-48(41)54(50)39-25-22-34-12-4-5-13-35(34)30-39;1-2-14-38(15-3-1)53-47-19-9-6-16-41(47)44-27-26-40(33-52(44)53)55-49-21-11-8-18-43(49)46-32-37(24-29-51(46)55)36-23-28-50-45(31-36)42-17-7-10-20-48(42)54(50)39-25-22-34-12-4-5-13-35(34)30-39/h2*1-33H. The molecule has 24 rings (SSSR count). The van der Waals surface area contributed by atoms with Crippen molar-refractivity contribution < 1.29 is 0 Å². The lowest BCUT2D eigenvalue weighted by Crippen LogP contribution is -1.96. The molecule has 110 heavy (non-hydrogen) atoms. The van der Waals surface area contributed by atoms with Crippen molar-refractivity contribution in [1.82, 2.24) is 27.4 Å². The molecule has 0 N–H and O–H groups in total. The van der Waals surface area contributed by atoms with Crippen LogP contribution < -0.4 is 0 Å². The van der Waals surface area contributed by atoms with Gasteiger partial charge in [0.2, 0.25) is 0 Å². The van der Waals surface area contributed by atoms with E-state index < -0.39 is 0 Å². The van der Waals surface area contributed by atoms with Gasteiger partial charge in [0.25, 0.3) is 0 Å². The van der Waals surface area contributed by atoms with E-state index in [1.54, 1.807) is 0 Å². The fourth-order valence-electron chi connectivity index (χ4n) is 18.3. The fourth-order valence-corrected chi connectivity index (χ4v) is 18.3. The van der Waals surface area contributed by atoms with E-state index in [1.165, 1.54) is 192 Å². The van der Waals surface area contributed by atoms with Crippen molar-refractivity contribution >= 4 is 152 Å². The second-order valence-corrected chi connectivity index (χ2v) is 29.2. The Morgan fingerprint density at radius 1 is 0.109 bits per heavy atom. The second kappa shape index (κ2) is 24.4. The minimum Gasteiger partial charge on any atom is -0.309 e. The van der Waals surface area contributed by atoms with Crippen LogP contribution in [-0.4, -0.2) is 27.4 Å². The highest BCUT2D eigenvalue weighted by atomic mass is 15.0. The van der Waals surface area contributed by atoms with Crippen LogP contribution >= 0.6 is 0 Å². The van der Waals surface area contributed by atoms with Gasteiger partial charge in [0.1, 0.15) is 0 Å². The molecule has 6 heteroatoms. The molecule has 0 aliphatic heterocycles. The number of benzene rings is 18. The van der Waals surface area contributed by atoms with Crippen molar-refractivity contribution in [3.05, 3.63) is 400 Å². The van der Waals surface area contributed by atoms with E-state index in [2.05, 4.69) is 428 Å². The Balaban J connectivity index is 0.000000132. The van der Waals surface area contributed by atoms with E-state index in [1.807, 2.05) is 0 Å². The van der Waals surface area contributed by atoms with Crippen LogP contribution in [-0.2, 0) is 0 Å². The van der Waals surface area contributed by atoms with Gasteiger partial charge < -0.3 is 27.4 Å². The number of nitrogens with zero attached hydrogens (tertiary/aromatic N) is 6. The Morgan fingerprint density at radius 2 is 0.336 bits per heavy atom. The Morgan fingerprint density at radius 3 is 0.700 bits per heavy atom. The maximum Gasteiger partial charge on any atom is 0.0561 e. The van der Waals surface area contributed by atoms with Gasteiger partial charge in [-0.15, -0.1) is 0 Å². The van der Waals surface area contributed by atoms with Crippen LogP contribution in [0.1, 0.15) is 0 Å². The van der Waals surface area contributed by atoms with Crippen molar-refractivity contribution in [3.63, 3.8) is 0 Å². The number of hydrogen-bond acceptors (Lipinski definition) is 0. The predicted octanol–water partition coefficient (Wildman–Crippen LogP) is 27.6. The Kier molecular flexibility index (Phi) is 13.7. The average molecular weight is 1400 g/mol. The van der Waals surface area contributed by atoms with Crippen molar-refractivity contribution in [2.75, 3.05) is 0 Å². The summed E-state index contributed by atoms with van der Waals surface area (Å²) in [7, 11) is 0. The van der Waals surface area contributed by atoms with Crippen LogP contribution in [0, 0.1) is 0 Å². The summed E-state index contributed by atoms with van der Waals surface area (Å²) in [6.45, 7) is 0. The first-order chi connectivity index (χ1) is 54.6. The fraction of sp³-hybridized carbons (Fsp3) is 0. The van der Waals surface area contributed by atoms with E-state index in [-0.39, 0.29) is 0 Å². The molecule has 0 saturated carbocycles. The molecule has 0 saturated heterocycles. The topological polar surface area (TPSA) is 29.6 Å². The third-order valence-electron chi connectivity index (χ3n) is 23.2. The molecule has 0 aliphatic carbocycles. The van der Waals surface area contributed by atoms with E-state index in [4.69, 9.17) is 0 Å². The van der Waals surface area contributed by atoms with Crippen LogP contribution in [0.5, 0.6) is 0 Å². The molecule has 0 amide bonds. The molecule has 0 bridgehead atoms. The Labute approximate surface area is 632 Å². The minimum atomic E-state index is 1.15. The summed E-state index contributed by atoms with van der Waals surface area (Å²) in [4.78, 5) is 0. The minimum absolute atomic E-state index is 1.15. The van der Waals surface area contributed by atoms with Gasteiger partial charge >= 0.3 is 0 Å². The molecule has 18 aromatic carbocycles. The van der Waals surface area contributed by atoms with Gasteiger partial charge in [-0.3, -0.25) is 0 Å². The van der Waals surface area contributed by atoms with Gasteiger partial charge in [-0.1, -0.05) is 237 Å². The van der Waals surface area contributed by atoms with Crippen LogP contribution in [0.3, 0.4) is 0 Å². The summed E-state index contributed by atoms with van der Waals surface area (Å²) in [5.74, 6) is 0. The normalized spacial score (nSPS) is 12.0. The molecule has 0 radical (unpaired) electrons. The smallest absolute Gasteiger partial charge is 0.0561 e. The quantitative estimate of drug-likeness (QED) is 0.145. The Hall–Kier alpha value is -14.7. The third-order valence-corrected chi connectivity index (χ3v) is 23.2. The molecule has 512 valence electrons. The summed E-state index contributed by atoms with van der Waals surface area (Å²) >= 11 is 0. The third kappa shape index (κ3) is 9.49. The molecular formula is C104H66N6. The monoisotopic (exact) mass is 1400 g/mol. The molecule has 6 nitrogen and oxygen atoms in total. The molecule has 0 atom stereocenters. The highest BCUT2D eigenvalue weighted by molar-refractivity contribution is 6.17. The molecule has 6 heterocycles. The van der Waals surface area contributed by atoms with Crippen molar-refractivity contribution in [3.8, 4) is 56.4 Å². The molecule has 0 unspecified atom stereocenters. The van der Waals surface area contributed by atoms with E-state index >= 15 is 0 Å². The summed E-state index contributed by atoms with van der Waals surface area (Å²) in [6, 6.07) is 147. The van der Waals surface area contributed by atoms with Gasteiger partial charge in [-0.2, -0.15) is 0 Å². The largest absolute Gasteiger partial charge is 0.309 e. The number of para-hydroxylation sites is 8. The molecule has 0 spiro atoms. The summed E-state index contributed by atoms with van der Waals surface area (Å²) < 4.78 is 14.5. The van der Waals surface area contributed by atoms with Crippen molar-refractivity contribution in [2.24, 2.45) is 0 Å². The van der Waals surface area contributed by atoms with E-state index in [0.29, 0.717) is 0 Å². The SMILES string of the molecule is c1ccc(-n2c3ccccc3c3cc(-n4c5ccccc5c5cc(-c6ccc7c(c6)c6ccccc6n7-c6ccc7ccccc7c6)ccc54)ccc32)cc1.c1ccc(-n2c3ccccc3c3ccc(-n4c5ccccc5c5cc(-c6ccc7c(c6)c6ccccc6n7-c6ccc7ccccc7c6)ccc54)cc32)cc1. The van der Waals surface area contributed by atoms with Crippen LogP contribution in [0.2, 0.25) is 0 Å². The molecule has 6 aromatic heterocycles. The zero-order valence-corrected chi connectivity index (χ0v) is 59.8. The van der Waals surface area contributed by atoms with Gasteiger partial charge in [0.05, 0.1) is 66.2 Å². The number of hydrogen-bond donors (Lipinski definition) is 0. The molecular weight excluding hydrogens is 1330 g/mol. The maximum absolute atomic E-state index is 2.43. The number of rotatable bonds is 8. The van der Waals surface area contributed by atoms with E-state index in [9.17, 15) is 0 Å². The zero-order valence-electron chi connectivity index (χ0n) is 59.8. The van der Waals surface area contributed by atoms with Crippen LogP contribution in [0.15, 0.2) is 400 Å². The predicted molar refractivity (Wildman–Crippen MR) is 465 cm³/mol. The van der Waals surface area contributed by atoms with Crippen molar-refractivity contribution in [1.29, 1.82) is 0 Å². The van der Waals surface area contributed by atoms with Gasteiger partial charge in [0, 0.05) is 98.8 Å². The maximum atomic E-state index is 2.43. The zero-order chi connectivity index (χ0) is 72.1. The molecule has 0 aliphatic rings. The van der Waals surface area contributed by atoms with Crippen molar-refractivity contribution in [2.45, 2.75) is 0 Å². The van der Waals surface area contributed by atoms with Gasteiger partial charge in [-0.25, -0.2) is 0 Å². The summed E-state index contributed by atoms with van der Waals surface area (Å²) in [5.41, 5.74) is 26.3. The van der Waals surface area contributed by atoms with E-state index in [0.717, 1.165) is 17.1 Å². The van der Waals surface area contributed by atoms with Gasteiger partial charge in [-0.05, 0) is 208 Å². The number of fused-ring (bicyclic) bond motifs is 20. The Bertz CT molecular complexity index is 7900. The number of aromatic nitrogens is 6. The lowest BCUT2D eigenvalue weighted by atomic mass is 10.0. The average Bonchev–Trinajstić information content (AvgIpc) is 1.59. The molecule has 0 fully saturated rings. The highest BCUT2D eigenvalue weighted by Gasteiger charge is 2.23. The summed E-state index contributed by atoms with van der Waals surface area (Å²) in [5, 5.41) is 20.0. The second-order valence-electron chi connectivity index (χ2n) is 29.2. The van der Waals surface area contributed by atoms with Crippen LogP contribution in [0.25, 0.3) is 209 Å².